The fraction of sp³-hybridized carbons (Fsp3) is 0.211. The molecule has 5 heteroatoms. The summed E-state index contributed by atoms with van der Waals surface area (Å²) in [4.78, 5) is 12.2. The molecule has 0 bridgehead atoms. The van der Waals surface area contributed by atoms with Crippen molar-refractivity contribution >= 4 is 11.6 Å². The van der Waals surface area contributed by atoms with Gasteiger partial charge >= 0.3 is 0 Å². The van der Waals surface area contributed by atoms with Gasteiger partial charge in [-0.25, -0.2) is 0 Å². The van der Waals surface area contributed by atoms with Crippen LogP contribution in [0.15, 0.2) is 61.2 Å². The average molecular weight is 327 g/mol. The van der Waals surface area contributed by atoms with Gasteiger partial charge in [0.2, 0.25) is 0 Å². The number of ether oxygens (including phenoxy) is 3. The minimum atomic E-state index is -0.630. The minimum absolute atomic E-state index is 0.231. The van der Waals surface area contributed by atoms with Crippen molar-refractivity contribution < 1.29 is 19.0 Å². The lowest BCUT2D eigenvalue weighted by atomic mass is 10.2. The van der Waals surface area contributed by atoms with Crippen LogP contribution < -0.4 is 19.5 Å². The molecule has 0 fully saturated rings. The Bertz CT molecular complexity index is 665. The number of carbonyl (C=O) groups is 1. The Morgan fingerprint density at radius 2 is 1.67 bits per heavy atom. The molecule has 2 aromatic carbocycles. The highest BCUT2D eigenvalue weighted by Crippen LogP contribution is 2.19. The average Bonchev–Trinajstić information content (AvgIpc) is 2.61. The SMILES string of the molecule is C=CCOc1ccc(NC(=O)C(C)Oc2ccc(OC)cc2)cc1. The quantitative estimate of drug-likeness (QED) is 0.752. The van der Waals surface area contributed by atoms with Crippen LogP contribution in [0, 0.1) is 0 Å². The maximum atomic E-state index is 12.2. The molecule has 0 spiro atoms. The van der Waals surface area contributed by atoms with E-state index < -0.39 is 6.10 Å². The van der Waals surface area contributed by atoms with Gasteiger partial charge in [0.25, 0.3) is 5.91 Å². The molecule has 1 atom stereocenters. The van der Waals surface area contributed by atoms with E-state index in [1.165, 1.54) is 0 Å². The maximum absolute atomic E-state index is 12.2. The fourth-order valence-electron chi connectivity index (χ4n) is 1.95. The van der Waals surface area contributed by atoms with E-state index >= 15 is 0 Å². The van der Waals surface area contributed by atoms with Crippen LogP contribution in [-0.2, 0) is 4.79 Å². The Morgan fingerprint density at radius 3 is 2.25 bits per heavy atom. The highest BCUT2D eigenvalue weighted by atomic mass is 16.5. The van der Waals surface area contributed by atoms with E-state index in [4.69, 9.17) is 14.2 Å². The lowest BCUT2D eigenvalue weighted by Gasteiger charge is -2.15. The van der Waals surface area contributed by atoms with Gasteiger partial charge in [-0.15, -0.1) is 0 Å². The highest BCUT2D eigenvalue weighted by molar-refractivity contribution is 5.94. The molecular weight excluding hydrogens is 306 g/mol. The van der Waals surface area contributed by atoms with E-state index in [0.717, 1.165) is 11.5 Å². The number of hydrogen-bond donors (Lipinski definition) is 1. The van der Waals surface area contributed by atoms with E-state index in [1.54, 1.807) is 68.6 Å². The predicted octanol–water partition coefficient (Wildman–Crippen LogP) is 3.67. The Balaban J connectivity index is 1.89. The molecule has 0 saturated carbocycles. The second kappa shape index (κ2) is 8.62. The van der Waals surface area contributed by atoms with Gasteiger partial charge < -0.3 is 19.5 Å². The number of benzene rings is 2. The zero-order valence-electron chi connectivity index (χ0n) is 13.8. The zero-order chi connectivity index (χ0) is 17.4. The third-order valence-corrected chi connectivity index (χ3v) is 3.23. The topological polar surface area (TPSA) is 56.8 Å². The van der Waals surface area contributed by atoms with Gasteiger partial charge in [-0.2, -0.15) is 0 Å². The molecule has 0 aromatic heterocycles. The molecule has 0 aliphatic heterocycles. The molecule has 5 nitrogen and oxygen atoms in total. The Hall–Kier alpha value is -2.95. The van der Waals surface area contributed by atoms with E-state index in [-0.39, 0.29) is 5.91 Å². The summed E-state index contributed by atoms with van der Waals surface area (Å²) in [5.41, 5.74) is 0.677. The van der Waals surface area contributed by atoms with Crippen molar-refractivity contribution in [2.45, 2.75) is 13.0 Å². The van der Waals surface area contributed by atoms with E-state index in [9.17, 15) is 4.79 Å². The first kappa shape index (κ1) is 17.4. The van der Waals surface area contributed by atoms with Crippen molar-refractivity contribution in [2.75, 3.05) is 19.0 Å². The predicted molar refractivity (Wildman–Crippen MR) is 93.8 cm³/mol. The molecule has 1 unspecified atom stereocenters. The molecule has 2 rings (SSSR count). The van der Waals surface area contributed by atoms with Crippen LogP contribution >= 0.6 is 0 Å². The van der Waals surface area contributed by atoms with Gasteiger partial charge in [-0.3, -0.25) is 4.79 Å². The number of hydrogen-bond acceptors (Lipinski definition) is 4. The zero-order valence-corrected chi connectivity index (χ0v) is 13.8. The van der Waals surface area contributed by atoms with E-state index in [0.29, 0.717) is 18.0 Å². The Morgan fingerprint density at radius 1 is 1.08 bits per heavy atom. The molecule has 0 radical (unpaired) electrons. The number of methoxy groups -OCH3 is 1. The summed E-state index contributed by atoms with van der Waals surface area (Å²) in [7, 11) is 1.60. The largest absolute Gasteiger partial charge is 0.497 e. The van der Waals surface area contributed by atoms with Crippen LogP contribution in [0.5, 0.6) is 17.2 Å². The lowest BCUT2D eigenvalue weighted by Crippen LogP contribution is -2.30. The summed E-state index contributed by atoms with van der Waals surface area (Å²) in [5.74, 6) is 1.82. The Kier molecular flexibility index (Phi) is 6.25. The van der Waals surface area contributed by atoms with Crippen LogP contribution in [0.4, 0.5) is 5.69 Å². The van der Waals surface area contributed by atoms with Gasteiger partial charge in [0.15, 0.2) is 6.10 Å². The number of amides is 1. The minimum Gasteiger partial charge on any atom is -0.497 e. The molecule has 0 saturated heterocycles. The Labute approximate surface area is 141 Å². The molecule has 2 aromatic rings. The molecule has 1 amide bonds. The van der Waals surface area contributed by atoms with Gasteiger partial charge in [0.05, 0.1) is 7.11 Å². The smallest absolute Gasteiger partial charge is 0.265 e. The van der Waals surface area contributed by atoms with Gasteiger partial charge in [-0.05, 0) is 55.5 Å². The van der Waals surface area contributed by atoms with Crippen molar-refractivity contribution in [3.05, 3.63) is 61.2 Å². The maximum Gasteiger partial charge on any atom is 0.265 e. The summed E-state index contributed by atoms with van der Waals surface area (Å²) in [6.45, 7) is 5.73. The molecule has 1 N–H and O–H groups in total. The van der Waals surface area contributed by atoms with Crippen molar-refractivity contribution in [1.29, 1.82) is 0 Å². The van der Waals surface area contributed by atoms with Crippen LogP contribution in [0.3, 0.4) is 0 Å². The summed E-state index contributed by atoms with van der Waals surface area (Å²) < 4.78 is 16.1. The molecule has 126 valence electrons. The van der Waals surface area contributed by atoms with Crippen LogP contribution in [0.2, 0.25) is 0 Å². The first-order chi connectivity index (χ1) is 11.6. The van der Waals surface area contributed by atoms with Crippen LogP contribution in [0.1, 0.15) is 6.92 Å². The standard InChI is InChI=1S/C19H21NO4/c1-4-13-23-17-7-5-15(6-8-17)20-19(21)14(2)24-18-11-9-16(22-3)10-12-18/h4-12,14H,1,13H2,2-3H3,(H,20,21). The summed E-state index contributed by atoms with van der Waals surface area (Å²) in [5, 5.41) is 2.80. The third kappa shape index (κ3) is 5.05. The number of nitrogens with one attached hydrogen (secondary N) is 1. The van der Waals surface area contributed by atoms with Gasteiger partial charge in [-0.1, -0.05) is 12.7 Å². The third-order valence-electron chi connectivity index (χ3n) is 3.23. The first-order valence-electron chi connectivity index (χ1n) is 7.57. The second-order valence-electron chi connectivity index (χ2n) is 5.05. The van der Waals surface area contributed by atoms with Gasteiger partial charge in [0.1, 0.15) is 23.9 Å². The van der Waals surface area contributed by atoms with Crippen LogP contribution in [0.25, 0.3) is 0 Å². The molecule has 24 heavy (non-hydrogen) atoms. The molecule has 0 aliphatic rings. The number of carbonyl (C=O) groups excluding carboxylic acids is 1. The summed E-state index contributed by atoms with van der Waals surface area (Å²) in [6, 6.07) is 14.2. The van der Waals surface area contributed by atoms with Crippen molar-refractivity contribution in [1.82, 2.24) is 0 Å². The number of anilines is 1. The number of rotatable bonds is 8. The monoisotopic (exact) mass is 327 g/mol. The lowest BCUT2D eigenvalue weighted by molar-refractivity contribution is -0.122. The normalized spacial score (nSPS) is 11.2. The van der Waals surface area contributed by atoms with Crippen molar-refractivity contribution in [3.8, 4) is 17.2 Å². The molecule has 0 aliphatic carbocycles. The highest BCUT2D eigenvalue weighted by Gasteiger charge is 2.15. The first-order valence-corrected chi connectivity index (χ1v) is 7.57. The van der Waals surface area contributed by atoms with E-state index in [2.05, 4.69) is 11.9 Å². The second-order valence-corrected chi connectivity index (χ2v) is 5.05. The van der Waals surface area contributed by atoms with E-state index in [1.807, 2.05) is 0 Å². The summed E-state index contributed by atoms with van der Waals surface area (Å²) in [6.07, 6.45) is 1.04. The van der Waals surface area contributed by atoms with Crippen LogP contribution in [-0.4, -0.2) is 25.7 Å². The van der Waals surface area contributed by atoms with Crippen molar-refractivity contribution in [2.24, 2.45) is 0 Å². The van der Waals surface area contributed by atoms with Gasteiger partial charge in [0, 0.05) is 5.69 Å². The molecular formula is C19H21NO4. The summed E-state index contributed by atoms with van der Waals surface area (Å²) >= 11 is 0. The molecule has 0 heterocycles. The fourth-order valence-corrected chi connectivity index (χ4v) is 1.95. The van der Waals surface area contributed by atoms with Crippen molar-refractivity contribution in [3.63, 3.8) is 0 Å².